The van der Waals surface area contributed by atoms with Gasteiger partial charge in [-0.3, -0.25) is 9.69 Å². The van der Waals surface area contributed by atoms with Crippen molar-refractivity contribution in [3.8, 4) is 33.8 Å². The lowest BCUT2D eigenvalue weighted by atomic mass is 10.00. The maximum Gasteiger partial charge on any atom is 0.251 e. The average Bonchev–Trinajstić information content (AvgIpc) is 3.44. The molecule has 1 saturated heterocycles. The molecule has 0 atom stereocenters. The number of morpholine rings is 1. The Morgan fingerprint density at radius 1 is 0.929 bits per heavy atom. The van der Waals surface area contributed by atoms with Gasteiger partial charge in [0.25, 0.3) is 5.91 Å². The highest BCUT2D eigenvalue weighted by molar-refractivity contribution is 6.00. The fourth-order valence-corrected chi connectivity index (χ4v) is 5.28. The van der Waals surface area contributed by atoms with E-state index in [9.17, 15) is 4.79 Å². The standard InChI is InChI=1S/C33H34N6O3/c1-34-31-20-32(37-22-36-31)39-21-29(28-12-9-26(19-30(28)39)23-7-10-27(41-2)11-8-23)24-3-5-25(6-4-24)33(40)35-13-14-38-15-17-42-18-16-38/h3-12,19-22H,13-18H2,1-2H3,(H,35,40)(H,34,36,37). The van der Waals surface area contributed by atoms with Gasteiger partial charge in [0.1, 0.15) is 23.7 Å². The van der Waals surface area contributed by atoms with Crippen molar-refractivity contribution < 1.29 is 14.3 Å². The van der Waals surface area contributed by atoms with Crippen LogP contribution < -0.4 is 15.4 Å². The number of amides is 1. The number of hydrogen-bond acceptors (Lipinski definition) is 7. The Morgan fingerprint density at radius 2 is 1.67 bits per heavy atom. The third-order valence-electron chi connectivity index (χ3n) is 7.66. The first-order chi connectivity index (χ1) is 20.6. The monoisotopic (exact) mass is 562 g/mol. The second-order valence-corrected chi connectivity index (χ2v) is 10.2. The molecule has 9 heteroatoms. The number of methoxy groups -OCH3 is 1. The molecule has 0 radical (unpaired) electrons. The molecule has 0 aliphatic carbocycles. The molecule has 3 heterocycles. The lowest BCUT2D eigenvalue weighted by molar-refractivity contribution is 0.0383. The largest absolute Gasteiger partial charge is 0.497 e. The van der Waals surface area contributed by atoms with E-state index in [4.69, 9.17) is 9.47 Å². The number of carbonyl (C=O) groups is 1. The summed E-state index contributed by atoms with van der Waals surface area (Å²) in [6, 6.07) is 24.2. The number of fused-ring (bicyclic) bond motifs is 1. The van der Waals surface area contributed by atoms with Gasteiger partial charge in [-0.25, -0.2) is 9.97 Å². The third-order valence-corrected chi connectivity index (χ3v) is 7.66. The second kappa shape index (κ2) is 12.4. The van der Waals surface area contributed by atoms with Crippen molar-refractivity contribution in [2.75, 3.05) is 58.9 Å². The first kappa shape index (κ1) is 27.4. The van der Waals surface area contributed by atoms with Crippen LogP contribution in [0.3, 0.4) is 0 Å². The van der Waals surface area contributed by atoms with E-state index in [0.717, 1.165) is 83.4 Å². The van der Waals surface area contributed by atoms with Gasteiger partial charge in [0.15, 0.2) is 0 Å². The van der Waals surface area contributed by atoms with E-state index in [1.165, 1.54) is 0 Å². The lowest BCUT2D eigenvalue weighted by Gasteiger charge is -2.26. The molecule has 3 aromatic carbocycles. The first-order valence-electron chi connectivity index (χ1n) is 14.1. The number of anilines is 1. The number of hydrogen-bond donors (Lipinski definition) is 2. The van der Waals surface area contributed by atoms with E-state index >= 15 is 0 Å². The van der Waals surface area contributed by atoms with Crippen LogP contribution >= 0.6 is 0 Å². The molecule has 5 aromatic rings. The van der Waals surface area contributed by atoms with Gasteiger partial charge in [-0.05, 0) is 47.0 Å². The molecule has 0 bridgehead atoms. The number of aromatic nitrogens is 3. The first-order valence-corrected chi connectivity index (χ1v) is 14.1. The predicted octanol–water partition coefficient (Wildman–Crippen LogP) is 4.87. The van der Waals surface area contributed by atoms with Crippen LogP contribution in [0.25, 0.3) is 39.0 Å². The smallest absolute Gasteiger partial charge is 0.251 e. The minimum absolute atomic E-state index is 0.0676. The summed E-state index contributed by atoms with van der Waals surface area (Å²) in [5.41, 5.74) is 5.90. The summed E-state index contributed by atoms with van der Waals surface area (Å²) in [4.78, 5) is 24.0. The van der Waals surface area contributed by atoms with E-state index in [2.05, 4.69) is 66.6 Å². The fraction of sp³-hybridized carbons (Fsp3) is 0.242. The lowest BCUT2D eigenvalue weighted by Crippen LogP contribution is -2.41. The van der Waals surface area contributed by atoms with Gasteiger partial charge in [0.05, 0.1) is 25.8 Å². The summed E-state index contributed by atoms with van der Waals surface area (Å²) in [6.07, 6.45) is 3.66. The summed E-state index contributed by atoms with van der Waals surface area (Å²) in [7, 11) is 3.51. The van der Waals surface area contributed by atoms with Crippen LogP contribution in [-0.2, 0) is 4.74 Å². The van der Waals surface area contributed by atoms with Crippen molar-refractivity contribution in [1.82, 2.24) is 24.8 Å². The molecule has 6 rings (SSSR count). The van der Waals surface area contributed by atoms with Gasteiger partial charge in [-0.2, -0.15) is 0 Å². The molecular formula is C33H34N6O3. The Balaban J connectivity index is 1.30. The summed E-state index contributed by atoms with van der Waals surface area (Å²) in [6.45, 7) is 4.75. The zero-order chi connectivity index (χ0) is 28.9. The molecule has 2 N–H and O–H groups in total. The van der Waals surface area contributed by atoms with Crippen LogP contribution in [0, 0.1) is 0 Å². The minimum atomic E-state index is -0.0676. The molecule has 1 aliphatic heterocycles. The molecule has 9 nitrogen and oxygen atoms in total. The third kappa shape index (κ3) is 5.83. The van der Waals surface area contributed by atoms with Crippen molar-refractivity contribution in [1.29, 1.82) is 0 Å². The van der Waals surface area contributed by atoms with Crippen molar-refractivity contribution in [2.45, 2.75) is 0 Å². The highest BCUT2D eigenvalue weighted by Gasteiger charge is 2.16. The summed E-state index contributed by atoms with van der Waals surface area (Å²) in [5.74, 6) is 2.25. The Morgan fingerprint density at radius 3 is 2.40 bits per heavy atom. The molecule has 0 saturated carbocycles. The summed E-state index contributed by atoms with van der Waals surface area (Å²) in [5, 5.41) is 7.23. The molecule has 0 unspecified atom stereocenters. The fourth-order valence-electron chi connectivity index (χ4n) is 5.28. The van der Waals surface area contributed by atoms with Crippen molar-refractivity contribution in [3.05, 3.63) is 90.9 Å². The van der Waals surface area contributed by atoms with Crippen LogP contribution in [-0.4, -0.2) is 78.9 Å². The van der Waals surface area contributed by atoms with Gasteiger partial charge >= 0.3 is 0 Å². The van der Waals surface area contributed by atoms with Gasteiger partial charge in [-0.15, -0.1) is 0 Å². The van der Waals surface area contributed by atoms with Crippen LogP contribution in [0.2, 0.25) is 0 Å². The number of benzene rings is 3. The Labute approximate surface area is 245 Å². The number of carbonyl (C=O) groups excluding carboxylic acids is 1. The maximum absolute atomic E-state index is 12.8. The number of nitrogens with zero attached hydrogens (tertiary/aromatic N) is 4. The van der Waals surface area contributed by atoms with E-state index < -0.39 is 0 Å². The highest BCUT2D eigenvalue weighted by atomic mass is 16.5. The average molecular weight is 563 g/mol. The van der Waals surface area contributed by atoms with Crippen LogP contribution in [0.1, 0.15) is 10.4 Å². The van der Waals surface area contributed by atoms with Crippen LogP contribution in [0.15, 0.2) is 85.3 Å². The topological polar surface area (TPSA) is 93.5 Å². The van der Waals surface area contributed by atoms with Crippen molar-refractivity contribution in [2.24, 2.45) is 0 Å². The van der Waals surface area contributed by atoms with Gasteiger partial charge in [0, 0.05) is 62.0 Å². The van der Waals surface area contributed by atoms with E-state index in [0.29, 0.717) is 12.1 Å². The highest BCUT2D eigenvalue weighted by Crippen LogP contribution is 2.35. The normalized spacial score (nSPS) is 13.7. The summed E-state index contributed by atoms with van der Waals surface area (Å²) >= 11 is 0. The summed E-state index contributed by atoms with van der Waals surface area (Å²) < 4.78 is 12.8. The Bertz CT molecular complexity index is 1680. The number of rotatable bonds is 9. The predicted molar refractivity (Wildman–Crippen MR) is 165 cm³/mol. The van der Waals surface area contributed by atoms with E-state index in [1.807, 2.05) is 49.5 Å². The van der Waals surface area contributed by atoms with Gasteiger partial charge in [0.2, 0.25) is 0 Å². The van der Waals surface area contributed by atoms with Gasteiger partial charge in [-0.1, -0.05) is 36.4 Å². The molecule has 42 heavy (non-hydrogen) atoms. The minimum Gasteiger partial charge on any atom is -0.497 e. The zero-order valence-corrected chi connectivity index (χ0v) is 23.8. The number of nitrogens with one attached hydrogen (secondary N) is 2. The van der Waals surface area contributed by atoms with Crippen molar-refractivity contribution in [3.63, 3.8) is 0 Å². The molecule has 1 fully saturated rings. The molecular weight excluding hydrogens is 528 g/mol. The molecule has 2 aromatic heterocycles. The molecule has 1 aliphatic rings. The zero-order valence-electron chi connectivity index (χ0n) is 23.8. The molecule has 1 amide bonds. The Kier molecular flexibility index (Phi) is 8.12. The van der Waals surface area contributed by atoms with Crippen molar-refractivity contribution >= 4 is 22.6 Å². The van der Waals surface area contributed by atoms with Crippen LogP contribution in [0.4, 0.5) is 5.82 Å². The second-order valence-electron chi connectivity index (χ2n) is 10.2. The maximum atomic E-state index is 12.8. The van der Waals surface area contributed by atoms with Crippen LogP contribution in [0.5, 0.6) is 5.75 Å². The Hall–Kier alpha value is -4.73. The number of ether oxygens (including phenoxy) is 2. The van der Waals surface area contributed by atoms with Gasteiger partial charge < -0.3 is 24.7 Å². The molecule has 0 spiro atoms. The molecule has 214 valence electrons. The van der Waals surface area contributed by atoms with E-state index in [-0.39, 0.29) is 5.91 Å². The SMILES string of the molecule is CNc1cc(-n2cc(-c3ccc(C(=O)NCCN4CCOCC4)cc3)c3ccc(-c4ccc(OC)cc4)cc32)ncn1. The quantitative estimate of drug-likeness (QED) is 0.265. The van der Waals surface area contributed by atoms with E-state index in [1.54, 1.807) is 13.4 Å².